The van der Waals surface area contributed by atoms with E-state index >= 15 is 0 Å². The van der Waals surface area contributed by atoms with Crippen LogP contribution in [0.5, 0.6) is 11.5 Å². The first kappa shape index (κ1) is 14.2. The lowest BCUT2D eigenvalue weighted by Crippen LogP contribution is -2.00. The molecule has 0 aliphatic rings. The van der Waals surface area contributed by atoms with Crippen molar-refractivity contribution >= 4 is 17.0 Å². The maximum Gasteiger partial charge on any atom is 0.201 e. The van der Waals surface area contributed by atoms with Gasteiger partial charge in [-0.1, -0.05) is 12.1 Å². The van der Waals surface area contributed by atoms with Crippen LogP contribution in [0.15, 0.2) is 36.4 Å². The Morgan fingerprint density at radius 2 is 1.91 bits per heavy atom. The summed E-state index contributed by atoms with van der Waals surface area (Å²) in [6.45, 7) is 0.478. The summed E-state index contributed by atoms with van der Waals surface area (Å²) < 4.78 is 23.7. The minimum atomic E-state index is -0.252. The molecular formula is C16H16FN3O2. The summed E-state index contributed by atoms with van der Waals surface area (Å²) in [5.41, 5.74) is 2.44. The number of ether oxygens (including phenoxy) is 2. The Bertz CT molecular complexity index is 760. The summed E-state index contributed by atoms with van der Waals surface area (Å²) >= 11 is 0. The number of benzene rings is 2. The molecule has 0 aliphatic carbocycles. The molecule has 3 rings (SSSR count). The van der Waals surface area contributed by atoms with E-state index in [2.05, 4.69) is 15.3 Å². The van der Waals surface area contributed by atoms with Crippen LogP contribution >= 0.6 is 0 Å². The summed E-state index contributed by atoms with van der Waals surface area (Å²) in [6.07, 6.45) is 0. The topological polar surface area (TPSA) is 59.2 Å². The Balaban J connectivity index is 1.82. The largest absolute Gasteiger partial charge is 0.493 e. The first-order valence-electron chi connectivity index (χ1n) is 6.79. The summed E-state index contributed by atoms with van der Waals surface area (Å²) in [5.74, 6) is 1.61. The minimum Gasteiger partial charge on any atom is -0.493 e. The van der Waals surface area contributed by atoms with Gasteiger partial charge in [-0.25, -0.2) is 9.37 Å². The van der Waals surface area contributed by atoms with Gasteiger partial charge in [-0.3, -0.25) is 0 Å². The number of imidazole rings is 1. The molecule has 0 saturated heterocycles. The molecule has 6 heteroatoms. The highest BCUT2D eigenvalue weighted by atomic mass is 19.1. The van der Waals surface area contributed by atoms with Gasteiger partial charge in [0.25, 0.3) is 0 Å². The third kappa shape index (κ3) is 2.81. The number of methoxy groups -OCH3 is 2. The highest BCUT2D eigenvalue weighted by molar-refractivity contribution is 5.81. The fourth-order valence-corrected chi connectivity index (χ4v) is 2.25. The van der Waals surface area contributed by atoms with Gasteiger partial charge in [0, 0.05) is 18.7 Å². The average molecular weight is 301 g/mol. The van der Waals surface area contributed by atoms with Gasteiger partial charge in [0.05, 0.1) is 25.3 Å². The van der Waals surface area contributed by atoms with E-state index in [9.17, 15) is 4.39 Å². The lowest BCUT2D eigenvalue weighted by Gasteiger charge is -2.06. The number of hydrogen-bond donors (Lipinski definition) is 2. The Morgan fingerprint density at radius 1 is 1.14 bits per heavy atom. The summed E-state index contributed by atoms with van der Waals surface area (Å²) in [5, 5.41) is 3.14. The molecule has 5 nitrogen and oxygen atoms in total. The minimum absolute atomic E-state index is 0.252. The smallest absolute Gasteiger partial charge is 0.201 e. The van der Waals surface area contributed by atoms with Crippen LogP contribution in [-0.4, -0.2) is 24.2 Å². The molecule has 0 unspecified atom stereocenters. The van der Waals surface area contributed by atoms with Crippen LogP contribution in [0.25, 0.3) is 11.0 Å². The van der Waals surface area contributed by atoms with Crippen LogP contribution in [-0.2, 0) is 6.54 Å². The molecule has 0 bridgehead atoms. The van der Waals surface area contributed by atoms with Crippen molar-refractivity contribution in [1.29, 1.82) is 0 Å². The van der Waals surface area contributed by atoms with Crippen LogP contribution < -0.4 is 14.8 Å². The van der Waals surface area contributed by atoms with Crippen molar-refractivity contribution in [2.24, 2.45) is 0 Å². The van der Waals surface area contributed by atoms with E-state index in [-0.39, 0.29) is 5.82 Å². The summed E-state index contributed by atoms with van der Waals surface area (Å²) in [7, 11) is 3.17. The Kier molecular flexibility index (Phi) is 3.82. The molecule has 114 valence electrons. The van der Waals surface area contributed by atoms with Gasteiger partial charge < -0.3 is 19.8 Å². The first-order valence-corrected chi connectivity index (χ1v) is 6.79. The molecule has 0 fully saturated rings. The molecule has 22 heavy (non-hydrogen) atoms. The second kappa shape index (κ2) is 5.93. The number of rotatable bonds is 5. The van der Waals surface area contributed by atoms with Crippen molar-refractivity contribution in [2.75, 3.05) is 19.5 Å². The molecule has 2 N–H and O–H groups in total. The molecule has 0 atom stereocenters. The molecule has 0 spiro atoms. The molecule has 2 aromatic carbocycles. The predicted molar refractivity (Wildman–Crippen MR) is 82.9 cm³/mol. The molecule has 1 heterocycles. The number of aromatic nitrogens is 2. The predicted octanol–water partition coefficient (Wildman–Crippen LogP) is 3.33. The fraction of sp³-hybridized carbons (Fsp3) is 0.188. The lowest BCUT2D eigenvalue weighted by atomic mass is 10.2. The fourth-order valence-electron chi connectivity index (χ4n) is 2.25. The number of fused-ring (bicyclic) bond motifs is 1. The number of H-pyrrole nitrogens is 1. The van der Waals surface area contributed by atoms with Gasteiger partial charge in [0.1, 0.15) is 5.82 Å². The highest BCUT2D eigenvalue weighted by Crippen LogP contribution is 2.31. The number of nitrogens with zero attached hydrogens (tertiary/aromatic N) is 1. The third-order valence-electron chi connectivity index (χ3n) is 3.34. The average Bonchev–Trinajstić information content (AvgIpc) is 2.93. The quantitative estimate of drug-likeness (QED) is 0.759. The normalized spacial score (nSPS) is 10.7. The molecule has 0 amide bonds. The maximum absolute atomic E-state index is 13.1. The van der Waals surface area contributed by atoms with Gasteiger partial charge in [0.15, 0.2) is 11.5 Å². The van der Waals surface area contributed by atoms with E-state index in [0.717, 1.165) is 16.6 Å². The van der Waals surface area contributed by atoms with Gasteiger partial charge in [-0.2, -0.15) is 0 Å². The van der Waals surface area contributed by atoms with Crippen LogP contribution in [0.3, 0.4) is 0 Å². The molecule has 0 radical (unpaired) electrons. The maximum atomic E-state index is 13.1. The van der Waals surface area contributed by atoms with E-state index in [1.54, 1.807) is 26.4 Å². The van der Waals surface area contributed by atoms with Crippen LogP contribution in [0, 0.1) is 5.82 Å². The van der Waals surface area contributed by atoms with Crippen molar-refractivity contribution in [3.63, 3.8) is 0 Å². The Morgan fingerprint density at radius 3 is 2.64 bits per heavy atom. The molecule has 1 aromatic heterocycles. The molecule has 0 saturated carbocycles. The highest BCUT2D eigenvalue weighted by Gasteiger charge is 2.09. The van der Waals surface area contributed by atoms with Gasteiger partial charge >= 0.3 is 0 Å². The zero-order valence-electron chi connectivity index (χ0n) is 12.3. The third-order valence-corrected chi connectivity index (χ3v) is 3.34. The zero-order chi connectivity index (χ0) is 15.5. The van der Waals surface area contributed by atoms with E-state index in [0.29, 0.717) is 24.0 Å². The molecular weight excluding hydrogens is 285 g/mol. The summed E-state index contributed by atoms with van der Waals surface area (Å²) in [6, 6.07) is 10.1. The van der Waals surface area contributed by atoms with E-state index in [1.165, 1.54) is 12.1 Å². The monoisotopic (exact) mass is 301 g/mol. The lowest BCUT2D eigenvalue weighted by molar-refractivity contribution is 0.356. The van der Waals surface area contributed by atoms with Crippen molar-refractivity contribution in [3.05, 3.63) is 47.8 Å². The van der Waals surface area contributed by atoms with Crippen LogP contribution in [0.2, 0.25) is 0 Å². The molecule has 0 aliphatic heterocycles. The first-order chi connectivity index (χ1) is 10.7. The van der Waals surface area contributed by atoms with Crippen LogP contribution in [0.4, 0.5) is 10.3 Å². The van der Waals surface area contributed by atoms with E-state index in [4.69, 9.17) is 9.47 Å². The van der Waals surface area contributed by atoms with Gasteiger partial charge in [-0.05, 0) is 17.7 Å². The Labute approximate surface area is 127 Å². The standard InChI is InChI=1S/C16H16FN3O2/c1-21-14-7-12-13(8-15(14)22-2)20-16(19-12)18-9-10-4-3-5-11(17)6-10/h3-8H,9H2,1-2H3,(H2,18,19,20). The van der Waals surface area contributed by atoms with Gasteiger partial charge in [0.2, 0.25) is 5.95 Å². The van der Waals surface area contributed by atoms with E-state index < -0.39 is 0 Å². The molecule has 3 aromatic rings. The number of anilines is 1. The zero-order valence-corrected chi connectivity index (χ0v) is 12.3. The number of nitrogens with one attached hydrogen (secondary N) is 2. The number of hydrogen-bond acceptors (Lipinski definition) is 4. The van der Waals surface area contributed by atoms with Crippen molar-refractivity contribution in [1.82, 2.24) is 9.97 Å². The second-order valence-electron chi connectivity index (χ2n) is 4.79. The SMILES string of the molecule is COc1cc2nc(NCc3cccc(F)c3)[nH]c2cc1OC. The van der Waals surface area contributed by atoms with Crippen molar-refractivity contribution in [3.8, 4) is 11.5 Å². The van der Waals surface area contributed by atoms with Crippen LogP contribution in [0.1, 0.15) is 5.56 Å². The van der Waals surface area contributed by atoms with Crippen molar-refractivity contribution in [2.45, 2.75) is 6.54 Å². The number of aromatic amines is 1. The van der Waals surface area contributed by atoms with E-state index in [1.807, 2.05) is 12.1 Å². The van der Waals surface area contributed by atoms with Gasteiger partial charge in [-0.15, -0.1) is 0 Å². The second-order valence-corrected chi connectivity index (χ2v) is 4.79. The summed E-state index contributed by atoms with van der Waals surface area (Å²) in [4.78, 5) is 7.59. The van der Waals surface area contributed by atoms with Crippen molar-refractivity contribution < 1.29 is 13.9 Å². The Hall–Kier alpha value is -2.76. The number of halogens is 1.